The predicted octanol–water partition coefficient (Wildman–Crippen LogP) is 3.40. The molecule has 0 aliphatic carbocycles. The number of nitrogens with one attached hydrogen (secondary N) is 1. The van der Waals surface area contributed by atoms with Gasteiger partial charge < -0.3 is 10.1 Å². The van der Waals surface area contributed by atoms with Crippen LogP contribution in [-0.4, -0.2) is 22.3 Å². The Morgan fingerprint density at radius 3 is 2.58 bits per heavy atom. The lowest BCUT2D eigenvalue weighted by Gasteiger charge is -2.10. The van der Waals surface area contributed by atoms with Crippen LogP contribution in [0.2, 0.25) is 0 Å². The number of hydrogen-bond donors (Lipinski definition) is 1. The molecule has 5 nitrogen and oxygen atoms in total. The van der Waals surface area contributed by atoms with Gasteiger partial charge in [0, 0.05) is 19.3 Å². The summed E-state index contributed by atoms with van der Waals surface area (Å²) in [5.41, 5.74) is 3.86. The second-order valence-electron chi connectivity index (χ2n) is 6.00. The third kappa shape index (κ3) is 4.80. The number of hydrogen-bond acceptors (Lipinski definition) is 3. The van der Waals surface area contributed by atoms with Crippen molar-refractivity contribution < 1.29 is 9.53 Å². The fraction of sp³-hybridized carbons (Fsp3) is 0.238. The van der Waals surface area contributed by atoms with E-state index in [4.69, 9.17) is 4.74 Å². The minimum Gasteiger partial charge on any atom is -0.377 e. The van der Waals surface area contributed by atoms with Crippen molar-refractivity contribution in [3.05, 3.63) is 89.2 Å². The van der Waals surface area contributed by atoms with E-state index in [1.165, 1.54) is 0 Å². The van der Waals surface area contributed by atoms with Gasteiger partial charge >= 0.3 is 0 Å². The normalized spacial score (nSPS) is 10.7. The van der Waals surface area contributed by atoms with Crippen molar-refractivity contribution in [3.8, 4) is 0 Å². The van der Waals surface area contributed by atoms with Crippen LogP contribution in [0, 0.1) is 0 Å². The number of carbonyl (C=O) groups is 1. The van der Waals surface area contributed by atoms with E-state index >= 15 is 0 Å². The molecular formula is C21H23N3O2. The zero-order valence-electron chi connectivity index (χ0n) is 14.9. The first-order chi connectivity index (χ1) is 12.8. The number of ether oxygens (including phenoxy) is 1. The Kier molecular flexibility index (Phi) is 6.17. The van der Waals surface area contributed by atoms with E-state index in [0.717, 1.165) is 16.7 Å². The topological polar surface area (TPSA) is 56.1 Å². The smallest absolute Gasteiger partial charge is 0.254 e. The molecule has 0 spiro atoms. The van der Waals surface area contributed by atoms with Gasteiger partial charge in [-0.1, -0.05) is 54.6 Å². The van der Waals surface area contributed by atoms with Crippen molar-refractivity contribution in [3.63, 3.8) is 0 Å². The molecule has 0 aliphatic heterocycles. The fourth-order valence-corrected chi connectivity index (χ4v) is 2.70. The molecule has 1 aromatic heterocycles. The molecule has 1 heterocycles. The Labute approximate surface area is 153 Å². The Hall–Kier alpha value is -2.92. The lowest BCUT2D eigenvalue weighted by atomic mass is 10.1. The summed E-state index contributed by atoms with van der Waals surface area (Å²) in [6.07, 6.45) is 3.37. The lowest BCUT2D eigenvalue weighted by molar-refractivity contribution is 0.0949. The third-order valence-corrected chi connectivity index (χ3v) is 4.10. The van der Waals surface area contributed by atoms with Crippen molar-refractivity contribution in [2.75, 3.05) is 6.61 Å². The molecule has 0 atom stereocenters. The zero-order chi connectivity index (χ0) is 18.2. The van der Waals surface area contributed by atoms with Crippen LogP contribution in [0.15, 0.2) is 67.0 Å². The quantitative estimate of drug-likeness (QED) is 0.678. The highest BCUT2D eigenvalue weighted by Crippen LogP contribution is 2.11. The highest BCUT2D eigenvalue weighted by atomic mass is 16.5. The molecule has 0 saturated heterocycles. The Morgan fingerprint density at radius 2 is 1.81 bits per heavy atom. The summed E-state index contributed by atoms with van der Waals surface area (Å²) in [5.74, 6) is -0.129. The molecule has 1 amide bonds. The van der Waals surface area contributed by atoms with Gasteiger partial charge in [-0.25, -0.2) is 0 Å². The minimum absolute atomic E-state index is 0.129. The van der Waals surface area contributed by atoms with Gasteiger partial charge in [0.25, 0.3) is 5.91 Å². The van der Waals surface area contributed by atoms with Crippen LogP contribution in [0.5, 0.6) is 0 Å². The Bertz CT molecular complexity index is 843. The van der Waals surface area contributed by atoms with Crippen molar-refractivity contribution in [2.45, 2.75) is 26.6 Å². The Morgan fingerprint density at radius 1 is 1.08 bits per heavy atom. The molecule has 26 heavy (non-hydrogen) atoms. The maximum Gasteiger partial charge on any atom is 0.254 e. The molecule has 0 bridgehead atoms. The summed E-state index contributed by atoms with van der Waals surface area (Å²) in [5, 5.41) is 7.24. The second-order valence-corrected chi connectivity index (χ2v) is 6.00. The third-order valence-electron chi connectivity index (χ3n) is 4.10. The molecule has 0 radical (unpaired) electrons. The van der Waals surface area contributed by atoms with E-state index in [0.29, 0.717) is 31.9 Å². The highest BCUT2D eigenvalue weighted by molar-refractivity contribution is 5.93. The number of benzene rings is 2. The molecule has 134 valence electrons. The first kappa shape index (κ1) is 17.9. The van der Waals surface area contributed by atoms with E-state index in [1.807, 2.05) is 61.5 Å². The van der Waals surface area contributed by atoms with Gasteiger partial charge in [0.05, 0.1) is 24.9 Å². The van der Waals surface area contributed by atoms with Crippen molar-refractivity contribution in [1.29, 1.82) is 0 Å². The van der Waals surface area contributed by atoms with E-state index < -0.39 is 0 Å². The molecule has 0 unspecified atom stereocenters. The summed E-state index contributed by atoms with van der Waals surface area (Å²) in [6, 6.07) is 18.0. The van der Waals surface area contributed by atoms with Gasteiger partial charge in [-0.2, -0.15) is 5.10 Å². The summed E-state index contributed by atoms with van der Waals surface area (Å²) in [7, 11) is 0. The summed E-state index contributed by atoms with van der Waals surface area (Å²) >= 11 is 0. The van der Waals surface area contributed by atoms with E-state index in [2.05, 4.69) is 10.4 Å². The van der Waals surface area contributed by atoms with Gasteiger partial charge in [-0.05, 0) is 23.6 Å². The molecule has 1 N–H and O–H groups in total. The van der Waals surface area contributed by atoms with E-state index in [-0.39, 0.29) is 5.91 Å². The van der Waals surface area contributed by atoms with Crippen LogP contribution in [-0.2, 0) is 24.4 Å². The summed E-state index contributed by atoms with van der Waals surface area (Å²) < 4.78 is 7.26. The van der Waals surface area contributed by atoms with Crippen LogP contribution >= 0.6 is 0 Å². The SMILES string of the molecule is CCOCc1ccccc1CNC(=O)c1cnn(Cc2ccccc2)c1. The van der Waals surface area contributed by atoms with Crippen LogP contribution < -0.4 is 5.32 Å². The van der Waals surface area contributed by atoms with Crippen LogP contribution in [0.3, 0.4) is 0 Å². The van der Waals surface area contributed by atoms with Crippen molar-refractivity contribution in [1.82, 2.24) is 15.1 Å². The maximum absolute atomic E-state index is 12.4. The molecule has 3 rings (SSSR count). The number of carbonyl (C=O) groups excluding carboxylic acids is 1. The zero-order valence-corrected chi connectivity index (χ0v) is 14.9. The van der Waals surface area contributed by atoms with Crippen LogP contribution in [0.4, 0.5) is 0 Å². The summed E-state index contributed by atoms with van der Waals surface area (Å²) in [6.45, 7) is 4.30. The fourth-order valence-electron chi connectivity index (χ4n) is 2.70. The molecular weight excluding hydrogens is 326 g/mol. The minimum atomic E-state index is -0.129. The summed E-state index contributed by atoms with van der Waals surface area (Å²) in [4.78, 5) is 12.4. The van der Waals surface area contributed by atoms with Gasteiger partial charge in [0.15, 0.2) is 0 Å². The van der Waals surface area contributed by atoms with Gasteiger partial charge in [0.1, 0.15) is 0 Å². The van der Waals surface area contributed by atoms with Crippen molar-refractivity contribution in [2.24, 2.45) is 0 Å². The molecule has 5 heteroatoms. The number of aromatic nitrogens is 2. The molecule has 3 aromatic rings. The molecule has 0 saturated carbocycles. The maximum atomic E-state index is 12.4. The predicted molar refractivity (Wildman–Crippen MR) is 101 cm³/mol. The number of nitrogens with zero attached hydrogens (tertiary/aromatic N) is 2. The monoisotopic (exact) mass is 349 g/mol. The first-order valence-corrected chi connectivity index (χ1v) is 8.75. The highest BCUT2D eigenvalue weighted by Gasteiger charge is 2.10. The average molecular weight is 349 g/mol. The standard InChI is InChI=1S/C21H23N3O2/c1-2-26-16-19-11-7-6-10-18(19)12-22-21(25)20-13-23-24(15-20)14-17-8-4-3-5-9-17/h3-11,13,15H,2,12,14,16H2,1H3,(H,22,25). The number of amides is 1. The van der Waals surface area contributed by atoms with Gasteiger partial charge in [0.2, 0.25) is 0 Å². The second kappa shape index (κ2) is 8.97. The van der Waals surface area contributed by atoms with Gasteiger partial charge in [-0.15, -0.1) is 0 Å². The van der Waals surface area contributed by atoms with Gasteiger partial charge in [-0.3, -0.25) is 9.48 Å². The van der Waals surface area contributed by atoms with Crippen molar-refractivity contribution >= 4 is 5.91 Å². The Balaban J connectivity index is 1.59. The van der Waals surface area contributed by atoms with Crippen LogP contribution in [0.1, 0.15) is 34.0 Å². The van der Waals surface area contributed by atoms with Crippen LogP contribution in [0.25, 0.3) is 0 Å². The molecule has 0 fully saturated rings. The molecule has 0 aliphatic rings. The number of rotatable bonds is 8. The average Bonchev–Trinajstić information content (AvgIpc) is 3.14. The molecule has 2 aromatic carbocycles. The lowest BCUT2D eigenvalue weighted by Crippen LogP contribution is -2.23. The largest absolute Gasteiger partial charge is 0.377 e. The van der Waals surface area contributed by atoms with E-state index in [1.54, 1.807) is 17.1 Å². The van der Waals surface area contributed by atoms with E-state index in [9.17, 15) is 4.79 Å². The first-order valence-electron chi connectivity index (χ1n) is 8.75.